The van der Waals surface area contributed by atoms with E-state index >= 15 is 0 Å². The lowest BCUT2D eigenvalue weighted by Gasteiger charge is -2.14. The highest BCUT2D eigenvalue weighted by molar-refractivity contribution is 5.72. The van der Waals surface area contributed by atoms with Crippen molar-refractivity contribution in [2.45, 2.75) is 0 Å². The topological polar surface area (TPSA) is 34.2 Å². The maximum atomic E-state index is 5.58. The summed E-state index contributed by atoms with van der Waals surface area (Å²) in [6.45, 7) is 1.23. The second-order valence-electron chi connectivity index (χ2n) is 3.84. The molecular formula is C14H13NO2. The summed E-state index contributed by atoms with van der Waals surface area (Å²) in [6.07, 6.45) is 5.88. The van der Waals surface area contributed by atoms with Crippen LogP contribution in [0.15, 0.2) is 36.5 Å². The predicted octanol–water partition coefficient (Wildman–Crippen LogP) is 2.96. The Labute approximate surface area is 99.7 Å². The van der Waals surface area contributed by atoms with Gasteiger partial charge >= 0.3 is 0 Å². The van der Waals surface area contributed by atoms with Crippen molar-refractivity contribution in [1.82, 2.24) is 4.98 Å². The van der Waals surface area contributed by atoms with Gasteiger partial charge in [-0.05, 0) is 11.6 Å². The molecule has 0 spiro atoms. The van der Waals surface area contributed by atoms with Crippen molar-refractivity contribution in [3.63, 3.8) is 0 Å². The summed E-state index contributed by atoms with van der Waals surface area (Å²) in [5.41, 5.74) is 2.11. The molecule has 1 aromatic heterocycles. The van der Waals surface area contributed by atoms with Crippen LogP contribution >= 0.6 is 0 Å². The molecular weight excluding hydrogens is 214 g/mol. The van der Waals surface area contributed by atoms with Crippen LogP contribution in [0, 0.1) is 0 Å². The van der Waals surface area contributed by atoms with Crippen molar-refractivity contribution < 1.29 is 9.47 Å². The molecule has 3 rings (SSSR count). The Balaban J connectivity index is 1.86. The van der Waals surface area contributed by atoms with E-state index < -0.39 is 0 Å². The molecule has 0 aliphatic carbocycles. The Bertz CT molecular complexity index is 528. The molecule has 0 saturated carbocycles. The molecule has 17 heavy (non-hydrogen) atoms. The van der Waals surface area contributed by atoms with Gasteiger partial charge in [0, 0.05) is 6.20 Å². The summed E-state index contributed by atoms with van der Waals surface area (Å²) in [6, 6.07) is 10.2. The number of benzene rings is 1. The van der Waals surface area contributed by atoms with Gasteiger partial charge in [0.05, 0.1) is 5.69 Å². The number of aromatic amines is 1. The predicted molar refractivity (Wildman–Crippen MR) is 67.2 cm³/mol. The van der Waals surface area contributed by atoms with Crippen LogP contribution in [0.1, 0.15) is 11.3 Å². The molecule has 0 atom stereocenters. The molecule has 0 radical (unpaired) electrons. The maximum Gasteiger partial charge on any atom is 0.186 e. The van der Waals surface area contributed by atoms with Gasteiger partial charge in [0.2, 0.25) is 0 Å². The number of hydrogen-bond donors (Lipinski definition) is 1. The number of ether oxygens (including phenoxy) is 2. The third-order valence-corrected chi connectivity index (χ3v) is 2.66. The SMILES string of the molecule is C(=Cc1[nH]cc2c1OCCO2)c1ccccc1. The van der Waals surface area contributed by atoms with E-state index in [1.807, 2.05) is 36.5 Å². The van der Waals surface area contributed by atoms with Crippen molar-refractivity contribution in [3.05, 3.63) is 47.8 Å². The monoisotopic (exact) mass is 227 g/mol. The van der Waals surface area contributed by atoms with Crippen molar-refractivity contribution >= 4 is 12.2 Å². The van der Waals surface area contributed by atoms with Crippen LogP contribution in [-0.2, 0) is 0 Å². The fraction of sp³-hybridized carbons (Fsp3) is 0.143. The van der Waals surface area contributed by atoms with E-state index in [4.69, 9.17) is 9.47 Å². The molecule has 0 unspecified atom stereocenters. The van der Waals surface area contributed by atoms with Gasteiger partial charge in [-0.2, -0.15) is 0 Å². The first-order valence-corrected chi connectivity index (χ1v) is 5.63. The minimum Gasteiger partial charge on any atom is -0.485 e. The first kappa shape index (κ1) is 10.0. The third kappa shape index (κ3) is 2.04. The normalized spacial score (nSPS) is 14.1. The summed E-state index contributed by atoms with van der Waals surface area (Å²) in [5.74, 6) is 1.60. The minimum absolute atomic E-state index is 0.608. The van der Waals surface area contributed by atoms with Crippen LogP contribution < -0.4 is 9.47 Å². The second-order valence-corrected chi connectivity index (χ2v) is 3.84. The average molecular weight is 227 g/mol. The molecule has 2 heterocycles. The highest BCUT2D eigenvalue weighted by Crippen LogP contribution is 2.34. The highest BCUT2D eigenvalue weighted by atomic mass is 16.6. The molecule has 2 aromatic rings. The van der Waals surface area contributed by atoms with Crippen molar-refractivity contribution in [3.8, 4) is 11.5 Å². The lowest BCUT2D eigenvalue weighted by molar-refractivity contribution is 0.173. The van der Waals surface area contributed by atoms with E-state index in [2.05, 4.69) is 17.1 Å². The number of nitrogens with one attached hydrogen (secondary N) is 1. The fourth-order valence-corrected chi connectivity index (χ4v) is 1.83. The second kappa shape index (κ2) is 4.37. The number of hydrogen-bond acceptors (Lipinski definition) is 2. The molecule has 3 nitrogen and oxygen atoms in total. The summed E-state index contributed by atoms with van der Waals surface area (Å²) in [5, 5.41) is 0. The molecule has 0 saturated heterocycles. The van der Waals surface area contributed by atoms with E-state index in [-0.39, 0.29) is 0 Å². The van der Waals surface area contributed by atoms with E-state index in [0.717, 1.165) is 22.8 Å². The van der Waals surface area contributed by atoms with E-state index in [1.54, 1.807) is 0 Å². The molecule has 0 amide bonds. The average Bonchev–Trinajstić information content (AvgIpc) is 2.81. The van der Waals surface area contributed by atoms with Crippen molar-refractivity contribution in [1.29, 1.82) is 0 Å². The minimum atomic E-state index is 0.608. The van der Waals surface area contributed by atoms with E-state index in [1.165, 1.54) is 0 Å². The zero-order valence-corrected chi connectivity index (χ0v) is 9.35. The Morgan fingerprint density at radius 3 is 2.71 bits per heavy atom. The van der Waals surface area contributed by atoms with Crippen LogP contribution in [0.4, 0.5) is 0 Å². The molecule has 0 bridgehead atoms. The first-order chi connectivity index (χ1) is 8.43. The van der Waals surface area contributed by atoms with Gasteiger partial charge < -0.3 is 14.5 Å². The van der Waals surface area contributed by atoms with Crippen LogP contribution in [0.2, 0.25) is 0 Å². The lowest BCUT2D eigenvalue weighted by atomic mass is 10.2. The Kier molecular flexibility index (Phi) is 2.58. The summed E-state index contributed by atoms with van der Waals surface area (Å²) in [4.78, 5) is 3.15. The zero-order chi connectivity index (χ0) is 11.5. The fourth-order valence-electron chi connectivity index (χ4n) is 1.83. The van der Waals surface area contributed by atoms with Gasteiger partial charge in [0.15, 0.2) is 11.5 Å². The highest BCUT2D eigenvalue weighted by Gasteiger charge is 2.16. The smallest absolute Gasteiger partial charge is 0.186 e. The summed E-state index contributed by atoms with van der Waals surface area (Å²) < 4.78 is 11.0. The van der Waals surface area contributed by atoms with Crippen LogP contribution in [0.3, 0.4) is 0 Å². The molecule has 3 heteroatoms. The van der Waals surface area contributed by atoms with E-state index in [0.29, 0.717) is 13.2 Å². The van der Waals surface area contributed by atoms with Crippen LogP contribution in [0.5, 0.6) is 11.5 Å². The van der Waals surface area contributed by atoms with Gasteiger partial charge in [-0.3, -0.25) is 0 Å². The Hall–Kier alpha value is -2.16. The van der Waals surface area contributed by atoms with Crippen LogP contribution in [0.25, 0.3) is 12.2 Å². The molecule has 1 aliphatic rings. The molecule has 0 fully saturated rings. The largest absolute Gasteiger partial charge is 0.485 e. The lowest BCUT2D eigenvalue weighted by Crippen LogP contribution is -2.14. The van der Waals surface area contributed by atoms with Crippen LogP contribution in [-0.4, -0.2) is 18.2 Å². The van der Waals surface area contributed by atoms with Gasteiger partial charge in [-0.15, -0.1) is 0 Å². The Morgan fingerprint density at radius 1 is 1.00 bits per heavy atom. The standard InChI is InChI=1S/C14H13NO2/c1-2-4-11(5-3-1)6-7-12-14-13(10-15-12)16-8-9-17-14/h1-7,10,15H,8-9H2. The quantitative estimate of drug-likeness (QED) is 0.855. The number of fused-ring (bicyclic) bond motifs is 1. The molecule has 1 aliphatic heterocycles. The Morgan fingerprint density at radius 2 is 1.82 bits per heavy atom. The summed E-state index contributed by atoms with van der Waals surface area (Å²) in [7, 11) is 0. The van der Waals surface area contributed by atoms with Gasteiger partial charge in [0.25, 0.3) is 0 Å². The van der Waals surface area contributed by atoms with Gasteiger partial charge in [-0.25, -0.2) is 0 Å². The van der Waals surface area contributed by atoms with Gasteiger partial charge in [0.1, 0.15) is 13.2 Å². The van der Waals surface area contributed by atoms with Crippen molar-refractivity contribution in [2.24, 2.45) is 0 Å². The number of rotatable bonds is 2. The number of aromatic nitrogens is 1. The summed E-state index contributed by atoms with van der Waals surface area (Å²) >= 11 is 0. The molecule has 1 N–H and O–H groups in total. The first-order valence-electron chi connectivity index (χ1n) is 5.63. The van der Waals surface area contributed by atoms with Gasteiger partial charge in [-0.1, -0.05) is 36.4 Å². The van der Waals surface area contributed by atoms with E-state index in [9.17, 15) is 0 Å². The zero-order valence-electron chi connectivity index (χ0n) is 9.35. The number of H-pyrrole nitrogens is 1. The van der Waals surface area contributed by atoms with Crippen molar-refractivity contribution in [2.75, 3.05) is 13.2 Å². The third-order valence-electron chi connectivity index (χ3n) is 2.66. The molecule has 1 aromatic carbocycles. The maximum absolute atomic E-state index is 5.58. The molecule has 86 valence electrons.